The van der Waals surface area contributed by atoms with Crippen LogP contribution in [-0.2, 0) is 19.5 Å². The second kappa shape index (κ2) is 8.97. The van der Waals surface area contributed by atoms with E-state index >= 15 is 0 Å². The van der Waals surface area contributed by atoms with Crippen LogP contribution >= 0.6 is 0 Å². The molecular weight excluding hydrogens is 378 g/mol. The number of aryl methyl sites for hydroxylation is 2. The van der Waals surface area contributed by atoms with Crippen molar-refractivity contribution in [2.75, 3.05) is 6.54 Å². The van der Waals surface area contributed by atoms with Crippen molar-refractivity contribution in [3.05, 3.63) is 93.9 Å². The molecule has 2 heterocycles. The predicted molar refractivity (Wildman–Crippen MR) is 117 cm³/mol. The van der Waals surface area contributed by atoms with Crippen molar-refractivity contribution in [2.45, 2.75) is 32.9 Å². The average molecular weight is 403 g/mol. The Morgan fingerprint density at radius 1 is 1.13 bits per heavy atom. The van der Waals surface area contributed by atoms with Crippen molar-refractivity contribution in [1.29, 1.82) is 0 Å². The lowest BCUT2D eigenvalue weighted by Crippen LogP contribution is -2.17. The predicted octanol–water partition coefficient (Wildman–Crippen LogP) is 3.77. The number of benzene rings is 2. The van der Waals surface area contributed by atoms with Crippen LogP contribution in [0.4, 0.5) is 0 Å². The smallest absolute Gasteiger partial charge is 0.340 e. The fraction of sp³-hybridized carbons (Fsp3) is 0.250. The Labute approximate surface area is 174 Å². The number of rotatable bonds is 8. The third-order valence-corrected chi connectivity index (χ3v) is 5.39. The summed E-state index contributed by atoms with van der Waals surface area (Å²) < 4.78 is 7.73. The molecule has 6 nitrogen and oxygen atoms in total. The van der Waals surface area contributed by atoms with Gasteiger partial charge in [-0.05, 0) is 43.1 Å². The number of phenols is 1. The van der Waals surface area contributed by atoms with Gasteiger partial charge in [-0.15, -0.1) is 0 Å². The Kier molecular flexibility index (Phi) is 5.95. The number of fused-ring (bicyclic) bond motifs is 1. The number of aromatic nitrogens is 2. The van der Waals surface area contributed by atoms with Crippen molar-refractivity contribution in [3.63, 3.8) is 0 Å². The summed E-state index contributed by atoms with van der Waals surface area (Å²) >= 11 is 0. The van der Waals surface area contributed by atoms with Gasteiger partial charge in [0.2, 0.25) is 0 Å². The molecule has 0 bridgehead atoms. The van der Waals surface area contributed by atoms with Gasteiger partial charge in [-0.25, -0.2) is 9.78 Å². The van der Waals surface area contributed by atoms with Gasteiger partial charge in [0.25, 0.3) is 0 Å². The zero-order valence-electron chi connectivity index (χ0n) is 17.0. The summed E-state index contributed by atoms with van der Waals surface area (Å²) in [5.41, 5.74) is 3.32. The number of hydrogen-bond donors (Lipinski definition) is 2. The monoisotopic (exact) mass is 403 g/mol. The molecule has 6 heteroatoms. The number of imidazole rings is 1. The third-order valence-electron chi connectivity index (χ3n) is 5.39. The molecule has 0 radical (unpaired) electrons. The summed E-state index contributed by atoms with van der Waals surface area (Å²) in [4.78, 5) is 16.8. The molecule has 2 aromatic heterocycles. The standard InChI is InChI=1S/C24H25N3O3/c1-17-19-8-9-22(28)21(15-25-10-5-12-27-13-11-26-16-27)23(19)30-24(29)20(17)14-18-6-3-2-4-7-18/h2-4,6-9,11,13,16,25,28H,5,10,12,14-15H2,1H3. The summed E-state index contributed by atoms with van der Waals surface area (Å²) in [5.74, 6) is 0.128. The Morgan fingerprint density at radius 2 is 1.97 bits per heavy atom. The van der Waals surface area contributed by atoms with Crippen LogP contribution in [0.2, 0.25) is 0 Å². The molecule has 0 aliphatic carbocycles. The first-order valence-corrected chi connectivity index (χ1v) is 10.1. The van der Waals surface area contributed by atoms with Gasteiger partial charge in [-0.1, -0.05) is 30.3 Å². The van der Waals surface area contributed by atoms with Crippen LogP contribution in [-0.4, -0.2) is 21.2 Å². The highest BCUT2D eigenvalue weighted by Gasteiger charge is 2.16. The quantitative estimate of drug-likeness (QED) is 0.346. The van der Waals surface area contributed by atoms with E-state index in [0.717, 1.165) is 36.0 Å². The maximum absolute atomic E-state index is 12.8. The second-order valence-electron chi connectivity index (χ2n) is 7.43. The zero-order chi connectivity index (χ0) is 20.9. The first kappa shape index (κ1) is 19.9. The van der Waals surface area contributed by atoms with E-state index in [1.165, 1.54) is 0 Å². The molecule has 0 saturated heterocycles. The lowest BCUT2D eigenvalue weighted by atomic mass is 9.98. The van der Waals surface area contributed by atoms with Gasteiger partial charge in [0.05, 0.1) is 11.9 Å². The summed E-state index contributed by atoms with van der Waals surface area (Å²) in [6, 6.07) is 13.4. The zero-order valence-corrected chi connectivity index (χ0v) is 17.0. The number of phenolic OH excluding ortho intramolecular Hbond substituents is 1. The first-order chi connectivity index (χ1) is 14.6. The Hall–Kier alpha value is -3.38. The van der Waals surface area contributed by atoms with Crippen molar-refractivity contribution in [2.24, 2.45) is 0 Å². The van der Waals surface area contributed by atoms with E-state index in [0.29, 0.717) is 29.7 Å². The van der Waals surface area contributed by atoms with Crippen molar-refractivity contribution < 1.29 is 9.52 Å². The van der Waals surface area contributed by atoms with Crippen LogP contribution in [0.25, 0.3) is 11.0 Å². The minimum absolute atomic E-state index is 0.128. The van der Waals surface area contributed by atoms with Gasteiger partial charge in [-0.3, -0.25) is 0 Å². The van der Waals surface area contributed by atoms with Gasteiger partial charge >= 0.3 is 5.63 Å². The molecule has 4 rings (SSSR count). The maximum Gasteiger partial charge on any atom is 0.340 e. The molecule has 2 aromatic carbocycles. The van der Waals surface area contributed by atoms with E-state index in [9.17, 15) is 9.90 Å². The molecule has 0 atom stereocenters. The highest BCUT2D eigenvalue weighted by molar-refractivity contribution is 5.85. The minimum Gasteiger partial charge on any atom is -0.507 e. The van der Waals surface area contributed by atoms with Gasteiger partial charge < -0.3 is 19.4 Å². The first-order valence-electron chi connectivity index (χ1n) is 10.1. The molecule has 0 aliphatic rings. The molecule has 0 amide bonds. The Balaban J connectivity index is 1.54. The number of aromatic hydroxyl groups is 1. The van der Waals surface area contributed by atoms with E-state index in [2.05, 4.69) is 10.3 Å². The SMILES string of the molecule is Cc1c(Cc2ccccc2)c(=O)oc2c(CNCCCn3ccnc3)c(O)ccc12. The van der Waals surface area contributed by atoms with Gasteiger partial charge in [0.1, 0.15) is 11.3 Å². The van der Waals surface area contributed by atoms with E-state index in [4.69, 9.17) is 4.42 Å². The molecule has 0 aliphatic heterocycles. The second-order valence-corrected chi connectivity index (χ2v) is 7.43. The summed E-state index contributed by atoms with van der Waals surface area (Å²) in [7, 11) is 0. The summed E-state index contributed by atoms with van der Waals surface area (Å²) in [6.45, 7) is 4.00. The van der Waals surface area contributed by atoms with E-state index in [1.54, 1.807) is 18.6 Å². The summed E-state index contributed by atoms with van der Waals surface area (Å²) in [5, 5.41) is 14.6. The van der Waals surface area contributed by atoms with Crippen molar-refractivity contribution in [3.8, 4) is 5.75 Å². The molecule has 2 N–H and O–H groups in total. The highest BCUT2D eigenvalue weighted by atomic mass is 16.4. The molecule has 0 unspecified atom stereocenters. The van der Waals surface area contributed by atoms with E-state index < -0.39 is 0 Å². The Bertz CT molecular complexity index is 1180. The van der Waals surface area contributed by atoms with Crippen LogP contribution in [0.15, 0.2) is 70.4 Å². The normalized spacial score (nSPS) is 11.2. The van der Waals surface area contributed by atoms with Gasteiger partial charge in [0.15, 0.2) is 0 Å². The van der Waals surface area contributed by atoms with E-state index in [-0.39, 0.29) is 11.4 Å². The fourth-order valence-corrected chi connectivity index (χ4v) is 3.69. The topological polar surface area (TPSA) is 80.3 Å². The number of nitrogens with zero attached hydrogens (tertiary/aromatic N) is 2. The minimum atomic E-state index is -0.351. The molecule has 0 fully saturated rings. The molecule has 0 spiro atoms. The molecular formula is C24H25N3O3. The summed E-state index contributed by atoms with van der Waals surface area (Å²) in [6.07, 6.45) is 6.93. The van der Waals surface area contributed by atoms with Crippen LogP contribution in [0.5, 0.6) is 5.75 Å². The lowest BCUT2D eigenvalue weighted by molar-refractivity contribution is 0.459. The number of nitrogens with one attached hydrogen (secondary N) is 1. The van der Waals surface area contributed by atoms with Crippen LogP contribution in [0, 0.1) is 6.92 Å². The average Bonchev–Trinajstić information content (AvgIpc) is 3.26. The molecule has 4 aromatic rings. The third kappa shape index (κ3) is 4.28. The van der Waals surface area contributed by atoms with Gasteiger partial charge in [-0.2, -0.15) is 0 Å². The van der Waals surface area contributed by atoms with Crippen LogP contribution in [0.1, 0.15) is 28.7 Å². The Morgan fingerprint density at radius 3 is 2.73 bits per heavy atom. The van der Waals surface area contributed by atoms with Crippen molar-refractivity contribution >= 4 is 11.0 Å². The molecule has 154 valence electrons. The largest absolute Gasteiger partial charge is 0.507 e. The fourth-order valence-electron chi connectivity index (χ4n) is 3.69. The number of hydrogen-bond acceptors (Lipinski definition) is 5. The molecule has 0 saturated carbocycles. The highest BCUT2D eigenvalue weighted by Crippen LogP contribution is 2.29. The van der Waals surface area contributed by atoms with Crippen LogP contribution < -0.4 is 10.9 Å². The maximum atomic E-state index is 12.8. The van der Waals surface area contributed by atoms with Gasteiger partial charge in [0, 0.05) is 42.9 Å². The van der Waals surface area contributed by atoms with E-state index in [1.807, 2.05) is 54.1 Å². The van der Waals surface area contributed by atoms with Crippen LogP contribution in [0.3, 0.4) is 0 Å². The molecule has 30 heavy (non-hydrogen) atoms. The van der Waals surface area contributed by atoms with Crippen molar-refractivity contribution in [1.82, 2.24) is 14.9 Å². The lowest BCUT2D eigenvalue weighted by Gasteiger charge is -2.13.